The highest BCUT2D eigenvalue weighted by molar-refractivity contribution is 6.06. The number of alkyl halides is 9. The minimum absolute atomic E-state index is 0.0329. The van der Waals surface area contributed by atoms with Crippen molar-refractivity contribution in [3.8, 4) is 51.5 Å². The smallest absolute Gasteiger partial charge is 0.416 e. The van der Waals surface area contributed by atoms with E-state index in [0.717, 1.165) is 36.4 Å². The molecule has 6 amide bonds. The van der Waals surface area contributed by atoms with E-state index in [4.69, 9.17) is 29.5 Å². The van der Waals surface area contributed by atoms with Gasteiger partial charge >= 0.3 is 36.6 Å². The van der Waals surface area contributed by atoms with E-state index < -0.39 is 91.4 Å². The maximum absolute atomic E-state index is 13.4. The molecule has 0 unspecified atom stereocenters. The number of pyridine rings is 2. The van der Waals surface area contributed by atoms with Gasteiger partial charge in [-0.05, 0) is 61.7 Å². The molecule has 3 aromatic carbocycles. The van der Waals surface area contributed by atoms with Crippen LogP contribution in [0.15, 0.2) is 141 Å². The highest BCUT2D eigenvalue weighted by atomic mass is 19.4. The van der Waals surface area contributed by atoms with Crippen LogP contribution in [0.3, 0.4) is 0 Å². The predicted molar refractivity (Wildman–Crippen MR) is 380 cm³/mol. The third-order valence-electron chi connectivity index (χ3n) is 18.3. The van der Waals surface area contributed by atoms with Crippen LogP contribution in [0.4, 0.5) is 106 Å². The topological polar surface area (TPSA) is 385 Å². The fraction of sp³-hybridized carbons (Fsp3) is 0.338. The fourth-order valence-electron chi connectivity index (χ4n) is 12.9. The van der Waals surface area contributed by atoms with E-state index in [1.165, 1.54) is 113 Å². The Hall–Kier alpha value is -12.0. The van der Waals surface area contributed by atoms with E-state index in [1.807, 2.05) is 14.7 Å². The molecule has 6 bridgehead atoms. The predicted octanol–water partition coefficient (Wildman–Crippen LogP) is 8.16. The normalized spacial score (nSPS) is 17.4. The number of benzene rings is 3. The van der Waals surface area contributed by atoms with Crippen molar-refractivity contribution in [2.75, 3.05) is 124 Å². The molecule has 3 saturated heterocycles. The Morgan fingerprint density at radius 1 is 0.441 bits per heavy atom. The van der Waals surface area contributed by atoms with E-state index in [-0.39, 0.29) is 101 Å². The maximum Gasteiger partial charge on any atom is 0.416 e. The number of carbonyl (C=O) groups excluding carboxylic acids is 3. The van der Waals surface area contributed by atoms with Crippen molar-refractivity contribution in [1.82, 2.24) is 49.8 Å². The summed E-state index contributed by atoms with van der Waals surface area (Å²) in [6.45, 7) is 1.85. The van der Waals surface area contributed by atoms with Crippen LogP contribution >= 0.6 is 0 Å². The highest BCUT2D eigenvalue weighted by Gasteiger charge is 2.45. The van der Waals surface area contributed by atoms with E-state index in [9.17, 15) is 69.2 Å². The number of anilines is 9. The maximum atomic E-state index is 13.4. The molecule has 12 heterocycles. The van der Waals surface area contributed by atoms with Gasteiger partial charge in [0.05, 0.1) is 121 Å². The van der Waals surface area contributed by atoms with Gasteiger partial charge in [-0.1, -0.05) is 36.4 Å². The Labute approximate surface area is 623 Å². The van der Waals surface area contributed by atoms with Gasteiger partial charge in [0.25, 0.3) is 0 Å². The molecule has 3 fully saturated rings. The van der Waals surface area contributed by atoms with Crippen LogP contribution in [-0.2, 0) is 18.5 Å². The number of rotatable bonds is 18. The molecule has 9 aromatic rings. The Bertz CT molecular complexity index is 4400. The van der Waals surface area contributed by atoms with Gasteiger partial charge in [-0.15, -0.1) is 0 Å². The SMILES string of the molecule is O=C(Nc1cc(OC[C@@H](O)CO)ccn1)N1c2nc(-c3cccc(C(F)(F)F)c3)ncc2N2CC[C@H]1C2.O=C(Nc1cncc(OC[C@H](O)CO)c1)N1c2nc(-c3cccc(C(F)(F)F)c3)ncc2N2CC[C@H]1C2.O=C(Nc1cncc(OC[C@H](O)CO)n1)N1c2nc(-c3cccc(C(F)(F)F)c3)ncc2N2CC[C@H]1C2. The van der Waals surface area contributed by atoms with Crippen molar-refractivity contribution < 1.29 is 98.7 Å². The Kier molecular flexibility index (Phi) is 22.7. The summed E-state index contributed by atoms with van der Waals surface area (Å²) in [5.41, 5.74) is 0.248. The second-order valence-corrected chi connectivity index (χ2v) is 26.0. The minimum Gasteiger partial charge on any atom is -0.491 e. The lowest BCUT2D eigenvalue weighted by molar-refractivity contribution is -0.138. The average Bonchev–Trinajstić information content (AvgIpc) is 1.69. The first-order valence-electron chi connectivity index (χ1n) is 34.4. The number of ether oxygens (including phenoxy) is 3. The molecule has 6 aliphatic rings. The molecule has 0 saturated carbocycles. The van der Waals surface area contributed by atoms with E-state index >= 15 is 0 Å². The number of aliphatic hydroxyl groups excluding tert-OH is 6. The molecule has 6 aliphatic heterocycles. The van der Waals surface area contributed by atoms with Crippen molar-refractivity contribution in [2.24, 2.45) is 0 Å². The molecule has 31 nitrogen and oxygen atoms in total. The number of amides is 6. The zero-order chi connectivity index (χ0) is 78.5. The summed E-state index contributed by atoms with van der Waals surface area (Å²) >= 11 is 0. The average molecular weight is 1550 g/mol. The van der Waals surface area contributed by atoms with Gasteiger partial charge in [0.2, 0.25) is 5.88 Å². The number of aromatic nitrogens is 10. The van der Waals surface area contributed by atoms with Crippen molar-refractivity contribution in [2.45, 2.75) is 74.2 Å². The van der Waals surface area contributed by atoms with Gasteiger partial charge in [-0.3, -0.25) is 35.3 Å². The summed E-state index contributed by atoms with van der Waals surface area (Å²) in [6.07, 6.45) is -3.29. The summed E-state index contributed by atoms with van der Waals surface area (Å²) in [5, 5.41) is 63.3. The van der Waals surface area contributed by atoms with Crippen LogP contribution in [0, 0.1) is 0 Å². The third-order valence-corrected chi connectivity index (χ3v) is 18.3. The zero-order valence-electron chi connectivity index (χ0n) is 58.0. The van der Waals surface area contributed by atoms with Crippen LogP contribution < -0.4 is 59.6 Å². The molecule has 40 heteroatoms. The lowest BCUT2D eigenvalue weighted by Crippen LogP contribution is -2.48. The third kappa shape index (κ3) is 17.8. The molecular weight excluding hydrogens is 1480 g/mol. The van der Waals surface area contributed by atoms with Gasteiger partial charge < -0.3 is 64.9 Å². The first-order valence-corrected chi connectivity index (χ1v) is 34.4. The number of carbonyl (C=O) groups is 3. The quantitative estimate of drug-likeness (QED) is 0.0366. The summed E-state index contributed by atoms with van der Waals surface area (Å²) in [5.74, 6) is 2.00. The zero-order valence-corrected chi connectivity index (χ0v) is 58.0. The van der Waals surface area contributed by atoms with Crippen molar-refractivity contribution in [3.63, 3.8) is 0 Å². The molecule has 582 valence electrons. The van der Waals surface area contributed by atoms with Crippen molar-refractivity contribution in [3.05, 3.63) is 157 Å². The number of hydrogen-bond donors (Lipinski definition) is 9. The van der Waals surface area contributed by atoms with E-state index in [0.29, 0.717) is 98.7 Å². The summed E-state index contributed by atoms with van der Waals surface area (Å²) in [4.78, 5) is 93.4. The van der Waals surface area contributed by atoms with Gasteiger partial charge in [-0.25, -0.2) is 49.3 Å². The number of halogens is 9. The van der Waals surface area contributed by atoms with Gasteiger partial charge in [0.1, 0.15) is 55.4 Å². The molecule has 15 rings (SSSR count). The molecule has 6 aromatic heterocycles. The molecule has 9 N–H and O–H groups in total. The fourth-order valence-corrected chi connectivity index (χ4v) is 12.9. The molecule has 0 spiro atoms. The van der Waals surface area contributed by atoms with Gasteiger partial charge in [0.15, 0.2) is 40.7 Å². The molecule has 111 heavy (non-hydrogen) atoms. The second-order valence-electron chi connectivity index (χ2n) is 26.0. The summed E-state index contributed by atoms with van der Waals surface area (Å²) in [6, 6.07) is 16.6. The van der Waals surface area contributed by atoms with Gasteiger partial charge in [-0.2, -0.15) is 44.5 Å². The van der Waals surface area contributed by atoms with Crippen molar-refractivity contribution >= 4 is 69.9 Å². The lowest BCUT2D eigenvalue weighted by Gasteiger charge is -2.35. The Morgan fingerprint density at radius 3 is 1.26 bits per heavy atom. The Balaban J connectivity index is 0.000000146. The van der Waals surface area contributed by atoms with Crippen LogP contribution in [0.5, 0.6) is 17.4 Å². The largest absolute Gasteiger partial charge is 0.491 e. The number of aliphatic hydroxyl groups is 6. The molecular formula is C71H68F9N19O12. The van der Waals surface area contributed by atoms with E-state index in [1.54, 1.807) is 6.07 Å². The van der Waals surface area contributed by atoms with E-state index in [2.05, 4.69) is 65.8 Å². The van der Waals surface area contributed by atoms with Crippen molar-refractivity contribution in [1.29, 1.82) is 0 Å². The van der Waals surface area contributed by atoms with Crippen LogP contribution in [0.2, 0.25) is 0 Å². The first-order chi connectivity index (χ1) is 53.2. The second kappa shape index (κ2) is 32.7. The minimum atomic E-state index is -4.52. The highest BCUT2D eigenvalue weighted by Crippen LogP contribution is 2.45. The molecule has 0 radical (unpaired) electrons. The summed E-state index contributed by atoms with van der Waals surface area (Å²) < 4.78 is 135. The monoisotopic (exact) mass is 1550 g/mol. The molecule has 0 aliphatic carbocycles. The lowest BCUT2D eigenvalue weighted by atomic mass is 10.1. The Morgan fingerprint density at radius 2 is 0.838 bits per heavy atom. The van der Waals surface area contributed by atoms with Crippen LogP contribution in [0.1, 0.15) is 36.0 Å². The number of nitrogens with one attached hydrogen (secondary N) is 3. The first kappa shape index (κ1) is 77.2. The van der Waals surface area contributed by atoms with Gasteiger partial charge in [0, 0.05) is 74.3 Å². The van der Waals surface area contributed by atoms with Crippen LogP contribution in [-0.4, -0.2) is 214 Å². The number of fused-ring (bicyclic) bond motifs is 12. The van der Waals surface area contributed by atoms with Crippen LogP contribution in [0.25, 0.3) is 34.2 Å². The standard InChI is InChI=1S/2C24H23F3N6O4.C23H22F3N7O4/c25-24(26,27)15-3-1-2-14(8-15)21-29-10-19-22(31-21)33(16-5-7-32(19)11-16)23(36)30-20-9-18(4-6-28-20)37-13-17(35)12-34;25-24(26,27)15-3-1-2-14(6-15)21-29-10-20-22(31-21)33(17-4-5-32(20)11-17)23(36)30-16-7-19(9-28-8-16)37-13-18(35)12-34;24-23(25,26)14-3-1-2-13(6-14)20-28-7-17-21(31-20)33(15-4-5-32(17)10-15)22(36)30-18-8-27-9-19(29-18)37-12-16(35)11-34/h1-4,6,8-10,16-17,34-35H,5,7,11-13H2,(H,28,30,36);1-3,6-10,17-18,34-35H,4-5,11-13H2,(H,30,36);1-3,6-9,15-16,34-35H,4-5,10-12H2,(H,29,30,36)/t16-,17-;17-,18+;15-,16+/m000/s1. The number of urea groups is 3. The number of nitrogens with zero attached hydrogens (tertiary/aromatic N) is 16. The number of hydrogen-bond acceptors (Lipinski definition) is 25. The summed E-state index contributed by atoms with van der Waals surface area (Å²) in [7, 11) is 0. The molecule has 6 atom stereocenters.